The molecule has 0 saturated carbocycles. The van der Waals surface area contributed by atoms with E-state index in [9.17, 15) is 12.8 Å². The minimum absolute atomic E-state index is 0.00338. The molecule has 0 spiro atoms. The number of nitrogens with one attached hydrogen (secondary N) is 1. The van der Waals surface area contributed by atoms with Crippen molar-refractivity contribution in [3.8, 4) is 0 Å². The van der Waals surface area contributed by atoms with Crippen molar-refractivity contribution in [1.82, 2.24) is 4.72 Å². The molecule has 0 fully saturated rings. The van der Waals surface area contributed by atoms with Crippen molar-refractivity contribution in [3.05, 3.63) is 23.0 Å². The van der Waals surface area contributed by atoms with E-state index in [2.05, 4.69) is 4.72 Å². The van der Waals surface area contributed by atoms with Gasteiger partial charge in [-0.05, 0) is 18.1 Å². The van der Waals surface area contributed by atoms with E-state index in [0.29, 0.717) is 6.61 Å². The van der Waals surface area contributed by atoms with Crippen LogP contribution in [0.15, 0.2) is 17.0 Å². The molecule has 0 amide bonds. The average Bonchev–Trinajstić information content (AvgIpc) is 2.31. The lowest BCUT2D eigenvalue weighted by Gasteiger charge is -2.13. The Morgan fingerprint density at radius 2 is 2.16 bits per heavy atom. The summed E-state index contributed by atoms with van der Waals surface area (Å²) in [6, 6.07) is 1.88. The van der Waals surface area contributed by atoms with Gasteiger partial charge in [0, 0.05) is 20.3 Å². The molecule has 0 aliphatic carbocycles. The molecule has 0 aliphatic heterocycles. The Hall–Kier alpha value is -0.890. The second-order valence-electron chi connectivity index (χ2n) is 4.22. The van der Waals surface area contributed by atoms with Gasteiger partial charge in [-0.2, -0.15) is 0 Å². The van der Waals surface area contributed by atoms with Gasteiger partial charge in [0.15, 0.2) is 0 Å². The molecule has 5 nitrogen and oxygen atoms in total. The highest BCUT2D eigenvalue weighted by molar-refractivity contribution is 7.89. The SMILES string of the molecule is COCC(C)CNS(=O)(=O)c1cc(N)c(F)cc1Cl. The maximum Gasteiger partial charge on any atom is 0.242 e. The molecule has 1 atom stereocenters. The molecule has 3 N–H and O–H groups in total. The molecule has 0 bridgehead atoms. The molecule has 0 aliphatic rings. The maximum atomic E-state index is 13.1. The molecule has 1 unspecified atom stereocenters. The quantitative estimate of drug-likeness (QED) is 0.782. The molecule has 1 aromatic carbocycles. The molecule has 1 aromatic rings. The van der Waals surface area contributed by atoms with Crippen LogP contribution in [0.2, 0.25) is 5.02 Å². The Morgan fingerprint density at radius 1 is 1.53 bits per heavy atom. The second kappa shape index (κ2) is 6.51. The normalized spacial score (nSPS) is 13.5. The van der Waals surface area contributed by atoms with Gasteiger partial charge in [0.05, 0.1) is 10.7 Å². The third-order valence-corrected chi connectivity index (χ3v) is 4.30. The van der Waals surface area contributed by atoms with Crippen molar-refractivity contribution >= 4 is 27.3 Å². The number of ether oxygens (including phenoxy) is 1. The molecule has 108 valence electrons. The predicted octanol–water partition coefficient (Wildman–Crippen LogP) is 1.62. The van der Waals surface area contributed by atoms with Crippen LogP contribution in [0.1, 0.15) is 6.92 Å². The Morgan fingerprint density at radius 3 is 2.74 bits per heavy atom. The smallest absolute Gasteiger partial charge is 0.242 e. The number of nitrogen functional groups attached to an aromatic ring is 1. The Labute approximate surface area is 116 Å². The van der Waals surface area contributed by atoms with Gasteiger partial charge in [0.1, 0.15) is 10.7 Å². The minimum atomic E-state index is -3.83. The summed E-state index contributed by atoms with van der Waals surface area (Å²) in [5.41, 5.74) is 5.08. The summed E-state index contributed by atoms with van der Waals surface area (Å²) in [6.07, 6.45) is 0. The number of nitrogens with two attached hydrogens (primary N) is 1. The molecular formula is C11H16ClFN2O3S. The minimum Gasteiger partial charge on any atom is -0.396 e. The van der Waals surface area contributed by atoms with Crippen LogP contribution in [-0.2, 0) is 14.8 Å². The van der Waals surface area contributed by atoms with Crippen LogP contribution in [0, 0.1) is 11.7 Å². The summed E-state index contributed by atoms with van der Waals surface area (Å²) in [5.74, 6) is -0.756. The zero-order valence-corrected chi connectivity index (χ0v) is 12.2. The van der Waals surface area contributed by atoms with Crippen molar-refractivity contribution in [2.75, 3.05) is 26.0 Å². The van der Waals surface area contributed by atoms with Crippen LogP contribution >= 0.6 is 11.6 Å². The van der Waals surface area contributed by atoms with Gasteiger partial charge in [-0.3, -0.25) is 0 Å². The highest BCUT2D eigenvalue weighted by Gasteiger charge is 2.20. The van der Waals surface area contributed by atoms with E-state index < -0.39 is 15.8 Å². The van der Waals surface area contributed by atoms with Gasteiger partial charge in [-0.1, -0.05) is 18.5 Å². The van der Waals surface area contributed by atoms with Crippen molar-refractivity contribution < 1.29 is 17.5 Å². The second-order valence-corrected chi connectivity index (χ2v) is 6.36. The van der Waals surface area contributed by atoms with Crippen molar-refractivity contribution in [1.29, 1.82) is 0 Å². The summed E-state index contributed by atoms with van der Waals surface area (Å²) in [5, 5.41) is -0.210. The number of anilines is 1. The first kappa shape index (κ1) is 16.2. The van der Waals surface area contributed by atoms with Gasteiger partial charge < -0.3 is 10.5 Å². The number of methoxy groups -OCH3 is 1. The molecule has 0 radical (unpaired) electrons. The van der Waals surface area contributed by atoms with E-state index in [0.717, 1.165) is 12.1 Å². The number of rotatable bonds is 6. The van der Waals surface area contributed by atoms with Gasteiger partial charge >= 0.3 is 0 Å². The molecule has 8 heteroatoms. The lowest BCUT2D eigenvalue weighted by Crippen LogP contribution is -2.30. The molecule has 19 heavy (non-hydrogen) atoms. The van der Waals surface area contributed by atoms with E-state index in [4.69, 9.17) is 22.1 Å². The zero-order chi connectivity index (χ0) is 14.6. The number of benzene rings is 1. The number of hydrogen-bond donors (Lipinski definition) is 2. The van der Waals surface area contributed by atoms with Crippen LogP contribution in [0.4, 0.5) is 10.1 Å². The summed E-state index contributed by atoms with van der Waals surface area (Å²) in [6.45, 7) is 2.43. The van der Waals surface area contributed by atoms with E-state index in [1.54, 1.807) is 0 Å². The van der Waals surface area contributed by atoms with E-state index >= 15 is 0 Å². The highest BCUT2D eigenvalue weighted by Crippen LogP contribution is 2.26. The fourth-order valence-corrected chi connectivity index (χ4v) is 3.14. The highest BCUT2D eigenvalue weighted by atomic mass is 35.5. The zero-order valence-electron chi connectivity index (χ0n) is 10.6. The fourth-order valence-electron chi connectivity index (χ4n) is 1.42. The lowest BCUT2D eigenvalue weighted by atomic mass is 10.2. The third kappa shape index (κ3) is 4.31. The van der Waals surface area contributed by atoms with Crippen LogP contribution < -0.4 is 10.5 Å². The van der Waals surface area contributed by atoms with Gasteiger partial charge in [0.2, 0.25) is 10.0 Å². The predicted molar refractivity (Wildman–Crippen MR) is 72.1 cm³/mol. The summed E-state index contributed by atoms with van der Waals surface area (Å²) < 4.78 is 44.4. The van der Waals surface area contributed by atoms with E-state index in [1.807, 2.05) is 6.92 Å². The third-order valence-electron chi connectivity index (χ3n) is 2.41. The van der Waals surface area contributed by atoms with Crippen molar-refractivity contribution in [3.63, 3.8) is 0 Å². The Bertz CT molecular complexity index is 551. The largest absolute Gasteiger partial charge is 0.396 e. The maximum absolute atomic E-state index is 13.1. The molecule has 0 heterocycles. The van der Waals surface area contributed by atoms with Gasteiger partial charge in [0.25, 0.3) is 0 Å². The van der Waals surface area contributed by atoms with Crippen molar-refractivity contribution in [2.45, 2.75) is 11.8 Å². The van der Waals surface area contributed by atoms with Crippen LogP contribution in [-0.4, -0.2) is 28.7 Å². The first-order chi connectivity index (χ1) is 8.77. The summed E-state index contributed by atoms with van der Waals surface area (Å²) in [7, 11) is -2.30. The Balaban J connectivity index is 2.92. The monoisotopic (exact) mass is 310 g/mol. The van der Waals surface area contributed by atoms with Crippen LogP contribution in [0.3, 0.4) is 0 Å². The first-order valence-electron chi connectivity index (χ1n) is 5.51. The van der Waals surface area contributed by atoms with Crippen LogP contribution in [0.25, 0.3) is 0 Å². The molecule has 1 rings (SSSR count). The number of sulfonamides is 1. The summed E-state index contributed by atoms with van der Waals surface area (Å²) in [4.78, 5) is -0.238. The Kier molecular flexibility index (Phi) is 5.54. The van der Waals surface area contributed by atoms with E-state index in [-0.39, 0.29) is 28.1 Å². The molecular weight excluding hydrogens is 295 g/mol. The number of halogens is 2. The lowest BCUT2D eigenvalue weighted by molar-refractivity contribution is 0.161. The topological polar surface area (TPSA) is 81.4 Å². The van der Waals surface area contributed by atoms with Gasteiger partial charge in [-0.15, -0.1) is 0 Å². The van der Waals surface area contributed by atoms with Crippen LogP contribution in [0.5, 0.6) is 0 Å². The molecule has 0 saturated heterocycles. The fraction of sp³-hybridized carbons (Fsp3) is 0.455. The number of hydrogen-bond acceptors (Lipinski definition) is 4. The van der Waals surface area contributed by atoms with Crippen molar-refractivity contribution in [2.24, 2.45) is 5.92 Å². The summed E-state index contributed by atoms with van der Waals surface area (Å²) >= 11 is 5.72. The standard InChI is InChI=1S/C11H16ClFN2O3S/c1-7(6-18-2)5-15-19(16,17)11-4-10(14)9(13)3-8(11)12/h3-4,7,15H,5-6,14H2,1-2H3. The van der Waals surface area contributed by atoms with E-state index in [1.165, 1.54) is 7.11 Å². The average molecular weight is 311 g/mol. The van der Waals surface area contributed by atoms with Gasteiger partial charge in [-0.25, -0.2) is 17.5 Å². The molecule has 0 aromatic heterocycles. The first-order valence-corrected chi connectivity index (χ1v) is 7.37.